The lowest BCUT2D eigenvalue weighted by Crippen LogP contribution is -2.30. The molecule has 0 aromatic carbocycles. The topological polar surface area (TPSA) is 20.3 Å². The Morgan fingerprint density at radius 1 is 1.62 bits per heavy atom. The number of unbranched alkanes of at least 4 members (excludes halogenated alkanes) is 2. The summed E-state index contributed by atoms with van der Waals surface area (Å²) in [5.74, 6) is 1.14. The molecule has 1 amide bonds. The van der Waals surface area contributed by atoms with Crippen molar-refractivity contribution in [1.82, 2.24) is 4.90 Å². The second-order valence-corrected chi connectivity index (χ2v) is 4.70. The summed E-state index contributed by atoms with van der Waals surface area (Å²) in [6.45, 7) is 4.54. The van der Waals surface area contributed by atoms with Crippen molar-refractivity contribution in [3.8, 4) is 0 Å². The van der Waals surface area contributed by atoms with Crippen LogP contribution in [0.5, 0.6) is 0 Å². The molecule has 73 valence electrons. The Labute approximate surface area is 89.1 Å². The van der Waals surface area contributed by atoms with Crippen LogP contribution in [-0.4, -0.2) is 27.4 Å². The van der Waals surface area contributed by atoms with Gasteiger partial charge >= 0.3 is 0 Å². The zero-order chi connectivity index (χ0) is 9.68. The van der Waals surface area contributed by atoms with Crippen LogP contribution in [0.1, 0.15) is 25.7 Å². The molecular formula is C9H14NOS2. The third-order valence-electron chi connectivity index (χ3n) is 1.95. The monoisotopic (exact) mass is 216 g/mol. The SMILES string of the molecule is [CH2]CCCCC(=O)N1CCSC1=S. The average molecular weight is 216 g/mol. The van der Waals surface area contributed by atoms with Crippen LogP contribution < -0.4 is 0 Å². The molecule has 0 saturated carbocycles. The van der Waals surface area contributed by atoms with Gasteiger partial charge < -0.3 is 0 Å². The summed E-state index contributed by atoms with van der Waals surface area (Å²) in [6.07, 6.45) is 3.49. The highest BCUT2D eigenvalue weighted by molar-refractivity contribution is 8.23. The normalized spacial score (nSPS) is 16.7. The van der Waals surface area contributed by atoms with Crippen LogP contribution in [0.15, 0.2) is 0 Å². The summed E-state index contributed by atoms with van der Waals surface area (Å²) in [6, 6.07) is 0. The van der Waals surface area contributed by atoms with Crippen molar-refractivity contribution in [3.05, 3.63) is 6.92 Å². The van der Waals surface area contributed by atoms with E-state index in [1.165, 1.54) is 0 Å². The third-order valence-corrected chi connectivity index (χ3v) is 3.38. The van der Waals surface area contributed by atoms with Crippen molar-refractivity contribution in [1.29, 1.82) is 0 Å². The highest BCUT2D eigenvalue weighted by atomic mass is 32.2. The zero-order valence-corrected chi connectivity index (χ0v) is 9.25. The van der Waals surface area contributed by atoms with Crippen LogP contribution in [-0.2, 0) is 4.79 Å². The number of rotatable bonds is 4. The Morgan fingerprint density at radius 3 is 2.92 bits per heavy atom. The molecule has 1 aliphatic heterocycles. The first kappa shape index (κ1) is 11.0. The first-order chi connectivity index (χ1) is 6.25. The fourth-order valence-electron chi connectivity index (χ4n) is 1.21. The predicted molar refractivity (Wildman–Crippen MR) is 60.6 cm³/mol. The van der Waals surface area contributed by atoms with Gasteiger partial charge in [0.05, 0.1) is 0 Å². The fourth-order valence-corrected chi connectivity index (χ4v) is 2.45. The minimum absolute atomic E-state index is 0.184. The van der Waals surface area contributed by atoms with Gasteiger partial charge in [-0.05, 0) is 6.42 Å². The van der Waals surface area contributed by atoms with E-state index in [1.807, 2.05) is 0 Å². The molecule has 13 heavy (non-hydrogen) atoms. The fraction of sp³-hybridized carbons (Fsp3) is 0.667. The van der Waals surface area contributed by atoms with Gasteiger partial charge in [-0.15, -0.1) is 0 Å². The number of nitrogens with zero attached hydrogens (tertiary/aromatic N) is 1. The minimum atomic E-state index is 0.184. The largest absolute Gasteiger partial charge is 0.297 e. The highest BCUT2D eigenvalue weighted by Crippen LogP contribution is 2.19. The molecular weight excluding hydrogens is 202 g/mol. The second-order valence-electron chi connectivity index (χ2n) is 2.97. The van der Waals surface area contributed by atoms with Crippen molar-refractivity contribution in [2.24, 2.45) is 0 Å². The summed E-state index contributed by atoms with van der Waals surface area (Å²) >= 11 is 6.65. The number of carbonyl (C=O) groups excluding carboxylic acids is 1. The van der Waals surface area contributed by atoms with Crippen LogP contribution in [0.25, 0.3) is 0 Å². The predicted octanol–water partition coefficient (Wildman–Crippen LogP) is 2.24. The molecule has 4 heteroatoms. The van der Waals surface area contributed by atoms with E-state index in [9.17, 15) is 4.79 Å². The van der Waals surface area contributed by atoms with Crippen molar-refractivity contribution >= 4 is 34.2 Å². The van der Waals surface area contributed by atoms with Crippen molar-refractivity contribution < 1.29 is 4.79 Å². The van der Waals surface area contributed by atoms with Gasteiger partial charge in [-0.25, -0.2) is 0 Å². The molecule has 1 radical (unpaired) electrons. The Balaban J connectivity index is 2.26. The maximum atomic E-state index is 11.5. The lowest BCUT2D eigenvalue weighted by Gasteiger charge is -2.13. The molecule has 1 fully saturated rings. The number of hydrogen-bond donors (Lipinski definition) is 0. The van der Waals surface area contributed by atoms with Crippen LogP contribution in [0.2, 0.25) is 0 Å². The Kier molecular flexibility index (Phi) is 4.73. The van der Waals surface area contributed by atoms with Gasteiger partial charge in [-0.2, -0.15) is 0 Å². The zero-order valence-electron chi connectivity index (χ0n) is 7.62. The lowest BCUT2D eigenvalue weighted by molar-refractivity contribution is -0.126. The highest BCUT2D eigenvalue weighted by Gasteiger charge is 2.22. The molecule has 0 aromatic rings. The molecule has 1 rings (SSSR count). The molecule has 1 aliphatic rings. The van der Waals surface area contributed by atoms with E-state index in [1.54, 1.807) is 16.7 Å². The first-order valence-electron chi connectivity index (χ1n) is 4.52. The van der Waals surface area contributed by atoms with Gasteiger partial charge in [0.15, 0.2) is 0 Å². The van der Waals surface area contributed by atoms with E-state index in [4.69, 9.17) is 12.2 Å². The van der Waals surface area contributed by atoms with Gasteiger partial charge in [-0.3, -0.25) is 9.69 Å². The van der Waals surface area contributed by atoms with Crippen LogP contribution in [0.3, 0.4) is 0 Å². The van der Waals surface area contributed by atoms with Gasteiger partial charge in [0.2, 0.25) is 5.91 Å². The minimum Gasteiger partial charge on any atom is -0.297 e. The van der Waals surface area contributed by atoms with E-state index in [0.29, 0.717) is 6.42 Å². The number of carbonyl (C=O) groups is 1. The summed E-state index contributed by atoms with van der Waals surface area (Å²) in [4.78, 5) is 13.3. The van der Waals surface area contributed by atoms with E-state index in [0.717, 1.165) is 35.9 Å². The Morgan fingerprint density at radius 2 is 2.38 bits per heavy atom. The smallest absolute Gasteiger partial charge is 0.228 e. The Bertz CT molecular complexity index is 206. The average Bonchev–Trinajstić information content (AvgIpc) is 2.52. The van der Waals surface area contributed by atoms with Crippen LogP contribution >= 0.6 is 24.0 Å². The first-order valence-corrected chi connectivity index (χ1v) is 5.91. The quantitative estimate of drug-likeness (QED) is 0.531. The van der Waals surface area contributed by atoms with E-state index in [2.05, 4.69) is 6.92 Å². The third kappa shape index (κ3) is 3.27. The van der Waals surface area contributed by atoms with Gasteiger partial charge in [-0.1, -0.05) is 43.7 Å². The van der Waals surface area contributed by atoms with Gasteiger partial charge in [0, 0.05) is 18.7 Å². The number of hydrogen-bond acceptors (Lipinski definition) is 3. The van der Waals surface area contributed by atoms with Crippen molar-refractivity contribution in [2.45, 2.75) is 25.7 Å². The lowest BCUT2D eigenvalue weighted by atomic mass is 10.2. The van der Waals surface area contributed by atoms with E-state index >= 15 is 0 Å². The number of thiocarbonyl (C=S) groups is 1. The maximum absolute atomic E-state index is 11.5. The van der Waals surface area contributed by atoms with Crippen molar-refractivity contribution in [2.75, 3.05) is 12.3 Å². The summed E-state index contributed by atoms with van der Waals surface area (Å²) in [5, 5.41) is 0. The summed E-state index contributed by atoms with van der Waals surface area (Å²) in [5.41, 5.74) is 0. The summed E-state index contributed by atoms with van der Waals surface area (Å²) in [7, 11) is 0. The molecule has 2 nitrogen and oxygen atoms in total. The molecule has 0 unspecified atom stereocenters. The van der Waals surface area contributed by atoms with Crippen LogP contribution in [0, 0.1) is 6.92 Å². The molecule has 0 atom stereocenters. The molecule has 1 heterocycles. The number of amides is 1. The maximum Gasteiger partial charge on any atom is 0.228 e. The van der Waals surface area contributed by atoms with E-state index < -0.39 is 0 Å². The summed E-state index contributed by atoms with van der Waals surface area (Å²) < 4.78 is 0.750. The van der Waals surface area contributed by atoms with Crippen molar-refractivity contribution in [3.63, 3.8) is 0 Å². The molecule has 0 bridgehead atoms. The molecule has 0 N–H and O–H groups in total. The van der Waals surface area contributed by atoms with Crippen LogP contribution in [0.4, 0.5) is 0 Å². The number of thioether (sulfide) groups is 1. The Hall–Kier alpha value is -0.0900. The molecule has 1 saturated heterocycles. The van der Waals surface area contributed by atoms with Gasteiger partial charge in [0.25, 0.3) is 0 Å². The molecule has 0 aromatic heterocycles. The van der Waals surface area contributed by atoms with Gasteiger partial charge in [0.1, 0.15) is 4.32 Å². The standard InChI is InChI=1S/C9H14NOS2/c1-2-3-4-5-8(11)10-6-7-13-9(10)12/h1-7H2. The molecule has 0 aliphatic carbocycles. The second kappa shape index (κ2) is 5.60. The molecule has 0 spiro atoms. The van der Waals surface area contributed by atoms with E-state index in [-0.39, 0.29) is 5.91 Å².